The van der Waals surface area contributed by atoms with Crippen molar-refractivity contribution >= 4 is 0 Å². The highest BCUT2D eigenvalue weighted by Crippen LogP contribution is 2.29. The van der Waals surface area contributed by atoms with E-state index in [1.165, 1.54) is 12.1 Å². The summed E-state index contributed by atoms with van der Waals surface area (Å²) in [5.41, 5.74) is 0.255. The first-order chi connectivity index (χ1) is 9.79. The Kier molecular flexibility index (Phi) is 6.68. The van der Waals surface area contributed by atoms with Crippen molar-refractivity contribution in [3.63, 3.8) is 0 Å². The lowest BCUT2D eigenvalue weighted by molar-refractivity contribution is -0.137. The van der Waals surface area contributed by atoms with E-state index in [0.29, 0.717) is 18.9 Å². The lowest BCUT2D eigenvalue weighted by Crippen LogP contribution is -2.44. The van der Waals surface area contributed by atoms with E-state index < -0.39 is 11.7 Å². The third kappa shape index (κ3) is 5.32. The third-order valence-corrected chi connectivity index (χ3v) is 3.52. The van der Waals surface area contributed by atoms with Gasteiger partial charge in [-0.2, -0.15) is 13.2 Å². The molecule has 0 aromatic heterocycles. The second-order valence-corrected chi connectivity index (χ2v) is 5.46. The van der Waals surface area contributed by atoms with Crippen LogP contribution in [0.5, 0.6) is 0 Å². The van der Waals surface area contributed by atoms with Crippen LogP contribution in [0.25, 0.3) is 0 Å². The molecular formula is C16H24F3NO. The summed E-state index contributed by atoms with van der Waals surface area (Å²) in [6.07, 6.45) is -3.62. The number of likely N-dealkylation sites (N-methyl/N-ethyl adjacent to an activating group) is 1. The average molecular weight is 303 g/mol. The van der Waals surface area contributed by atoms with Gasteiger partial charge in [0.1, 0.15) is 0 Å². The zero-order valence-corrected chi connectivity index (χ0v) is 13.0. The fraction of sp³-hybridized carbons (Fsp3) is 0.625. The molecule has 21 heavy (non-hydrogen) atoms. The highest BCUT2D eigenvalue weighted by molar-refractivity contribution is 5.25. The highest BCUT2D eigenvalue weighted by Gasteiger charge is 2.30. The van der Waals surface area contributed by atoms with Crippen LogP contribution in [0.1, 0.15) is 31.9 Å². The summed E-state index contributed by atoms with van der Waals surface area (Å²) in [6, 6.07) is 5.41. The monoisotopic (exact) mass is 303 g/mol. The van der Waals surface area contributed by atoms with Crippen molar-refractivity contribution in [3.05, 3.63) is 35.4 Å². The Hall–Kier alpha value is -1.07. The van der Waals surface area contributed by atoms with E-state index in [9.17, 15) is 13.2 Å². The summed E-state index contributed by atoms with van der Waals surface area (Å²) in [5.74, 6) is 0.330. The van der Waals surface area contributed by atoms with Gasteiger partial charge in [0.25, 0.3) is 0 Å². The number of nitrogens with one attached hydrogen (secondary N) is 1. The molecule has 0 radical (unpaired) electrons. The minimum atomic E-state index is -4.28. The van der Waals surface area contributed by atoms with Crippen molar-refractivity contribution in [2.45, 2.75) is 45.5 Å². The van der Waals surface area contributed by atoms with Crippen LogP contribution >= 0.6 is 0 Å². The van der Waals surface area contributed by atoms with Crippen molar-refractivity contribution < 1.29 is 17.9 Å². The lowest BCUT2D eigenvalue weighted by atomic mass is 9.93. The number of ether oxygens (including phenoxy) is 1. The number of rotatable bonds is 7. The molecule has 1 aromatic rings. The molecule has 2 nitrogen and oxygen atoms in total. The van der Waals surface area contributed by atoms with Gasteiger partial charge in [-0.05, 0) is 44.0 Å². The number of halogens is 3. The molecule has 0 amide bonds. The summed E-state index contributed by atoms with van der Waals surface area (Å²) in [6.45, 7) is 6.73. The van der Waals surface area contributed by atoms with Gasteiger partial charge in [-0.25, -0.2) is 0 Å². The van der Waals surface area contributed by atoms with Crippen LogP contribution in [0.4, 0.5) is 13.2 Å². The first kappa shape index (κ1) is 18.0. The molecule has 0 aliphatic rings. The molecule has 1 rings (SSSR count). The van der Waals surface area contributed by atoms with Crippen LogP contribution < -0.4 is 5.32 Å². The molecule has 0 saturated heterocycles. The SMILES string of the molecule is CCOC(C(C)C)C(Cc1ccc(C(F)(F)F)cc1)NC. The third-order valence-electron chi connectivity index (χ3n) is 3.52. The van der Waals surface area contributed by atoms with Gasteiger partial charge in [0.2, 0.25) is 0 Å². The van der Waals surface area contributed by atoms with E-state index >= 15 is 0 Å². The maximum absolute atomic E-state index is 12.6. The summed E-state index contributed by atoms with van der Waals surface area (Å²) in [5, 5.41) is 3.21. The van der Waals surface area contributed by atoms with Crippen molar-refractivity contribution in [2.75, 3.05) is 13.7 Å². The molecule has 5 heteroatoms. The van der Waals surface area contributed by atoms with Gasteiger partial charge in [0.15, 0.2) is 0 Å². The molecule has 0 fully saturated rings. The van der Waals surface area contributed by atoms with Crippen LogP contribution in [-0.4, -0.2) is 25.8 Å². The molecule has 0 bridgehead atoms. The van der Waals surface area contributed by atoms with Crippen LogP contribution in [-0.2, 0) is 17.3 Å². The standard InChI is InChI=1S/C16H24F3NO/c1-5-21-15(11(2)3)14(20-4)10-12-6-8-13(9-7-12)16(17,18)19/h6-9,11,14-15,20H,5,10H2,1-4H3. The summed E-state index contributed by atoms with van der Waals surface area (Å²) in [4.78, 5) is 0. The first-order valence-electron chi connectivity index (χ1n) is 7.24. The molecular weight excluding hydrogens is 279 g/mol. The molecule has 1 aromatic carbocycles. The number of benzene rings is 1. The number of hydrogen-bond acceptors (Lipinski definition) is 2. The molecule has 0 aliphatic carbocycles. The van der Waals surface area contributed by atoms with Gasteiger partial charge in [-0.1, -0.05) is 26.0 Å². The van der Waals surface area contributed by atoms with E-state index in [1.54, 1.807) is 0 Å². The maximum atomic E-state index is 12.6. The van der Waals surface area contributed by atoms with Crippen molar-refractivity contribution in [1.82, 2.24) is 5.32 Å². The van der Waals surface area contributed by atoms with Crippen molar-refractivity contribution in [1.29, 1.82) is 0 Å². The van der Waals surface area contributed by atoms with E-state index in [1.807, 2.05) is 14.0 Å². The molecule has 120 valence electrons. The van der Waals surface area contributed by atoms with Crippen molar-refractivity contribution in [2.24, 2.45) is 5.92 Å². The highest BCUT2D eigenvalue weighted by atomic mass is 19.4. The zero-order valence-electron chi connectivity index (χ0n) is 13.0. The van der Waals surface area contributed by atoms with Crippen LogP contribution in [0.15, 0.2) is 24.3 Å². The Morgan fingerprint density at radius 3 is 2.10 bits per heavy atom. The van der Waals surface area contributed by atoms with Gasteiger partial charge < -0.3 is 10.1 Å². The smallest absolute Gasteiger partial charge is 0.377 e. The quantitative estimate of drug-likeness (QED) is 0.825. The fourth-order valence-electron chi connectivity index (χ4n) is 2.43. The van der Waals surface area contributed by atoms with Gasteiger partial charge in [0.05, 0.1) is 11.7 Å². The number of hydrogen-bond donors (Lipinski definition) is 1. The summed E-state index contributed by atoms with van der Waals surface area (Å²) in [7, 11) is 1.85. The largest absolute Gasteiger partial charge is 0.416 e. The first-order valence-corrected chi connectivity index (χ1v) is 7.24. The van der Waals surface area contributed by atoms with E-state index in [2.05, 4.69) is 19.2 Å². The Labute approximate surface area is 124 Å². The van der Waals surface area contributed by atoms with E-state index in [0.717, 1.165) is 17.7 Å². The van der Waals surface area contributed by atoms with E-state index in [-0.39, 0.29) is 12.1 Å². The predicted molar refractivity (Wildman–Crippen MR) is 78.2 cm³/mol. The zero-order chi connectivity index (χ0) is 16.0. The Morgan fingerprint density at radius 2 is 1.71 bits per heavy atom. The van der Waals surface area contributed by atoms with Crippen LogP contribution in [0.3, 0.4) is 0 Å². The van der Waals surface area contributed by atoms with E-state index in [4.69, 9.17) is 4.74 Å². The predicted octanol–water partition coefficient (Wildman–Crippen LogP) is 3.90. The van der Waals surface area contributed by atoms with Crippen LogP contribution in [0, 0.1) is 5.92 Å². The minimum absolute atomic E-state index is 0.0299. The molecule has 0 aliphatic heterocycles. The van der Waals surface area contributed by atoms with Gasteiger partial charge in [-0.15, -0.1) is 0 Å². The summed E-state index contributed by atoms with van der Waals surface area (Å²) < 4.78 is 43.4. The Bertz CT molecular complexity index is 415. The number of alkyl halides is 3. The maximum Gasteiger partial charge on any atom is 0.416 e. The molecule has 2 unspecified atom stereocenters. The second kappa shape index (κ2) is 7.80. The average Bonchev–Trinajstić information content (AvgIpc) is 2.42. The van der Waals surface area contributed by atoms with Gasteiger partial charge in [-0.3, -0.25) is 0 Å². The summed E-state index contributed by atoms with van der Waals surface area (Å²) >= 11 is 0. The second-order valence-electron chi connectivity index (χ2n) is 5.46. The molecule has 0 spiro atoms. The minimum Gasteiger partial charge on any atom is -0.377 e. The Balaban J connectivity index is 2.81. The molecule has 0 heterocycles. The van der Waals surface area contributed by atoms with Gasteiger partial charge in [0, 0.05) is 12.6 Å². The Morgan fingerprint density at radius 1 is 1.14 bits per heavy atom. The fourth-order valence-corrected chi connectivity index (χ4v) is 2.43. The van der Waals surface area contributed by atoms with Gasteiger partial charge >= 0.3 is 6.18 Å². The van der Waals surface area contributed by atoms with Crippen molar-refractivity contribution in [3.8, 4) is 0 Å². The molecule has 0 saturated carbocycles. The molecule has 1 N–H and O–H groups in total. The lowest BCUT2D eigenvalue weighted by Gasteiger charge is -2.30. The normalized spacial score (nSPS) is 15.2. The topological polar surface area (TPSA) is 21.3 Å². The molecule has 2 atom stereocenters. The van der Waals surface area contributed by atoms with Crippen LogP contribution in [0.2, 0.25) is 0 Å².